The van der Waals surface area contributed by atoms with E-state index in [1.807, 2.05) is 0 Å². The molecule has 0 spiro atoms. The van der Waals surface area contributed by atoms with Gasteiger partial charge in [-0.25, -0.2) is 13.1 Å². The van der Waals surface area contributed by atoms with Gasteiger partial charge in [0, 0.05) is 0 Å². The number of sulfonamides is 1. The number of ether oxygens (including phenoxy) is 1. The molecule has 0 aliphatic rings. The largest absolute Gasteiger partial charge is 0.468 e. The molecule has 0 amide bonds. The SMILES string of the molecule is COC(=O)[C@@H](c1ccccc1)[C@@H](NS(=O)(=O)c1ccc(C)cc1)c1ccc(C(F)(F)F)cc1. The maximum Gasteiger partial charge on any atom is 0.416 e. The number of methoxy groups -OCH3 is 1. The molecule has 3 rings (SSSR count). The lowest BCUT2D eigenvalue weighted by molar-refractivity contribution is -0.143. The van der Waals surface area contributed by atoms with Crippen LogP contribution in [0.4, 0.5) is 13.2 Å². The van der Waals surface area contributed by atoms with Gasteiger partial charge in [-0.05, 0) is 42.3 Å². The van der Waals surface area contributed by atoms with E-state index in [1.165, 1.54) is 12.1 Å². The van der Waals surface area contributed by atoms with Crippen LogP contribution in [-0.2, 0) is 25.7 Å². The van der Waals surface area contributed by atoms with Crippen molar-refractivity contribution >= 4 is 16.0 Å². The maximum absolute atomic E-state index is 13.2. The van der Waals surface area contributed by atoms with Gasteiger partial charge < -0.3 is 4.74 Å². The minimum atomic E-state index is -4.56. The molecule has 0 bridgehead atoms. The Morgan fingerprint density at radius 1 is 0.879 bits per heavy atom. The van der Waals surface area contributed by atoms with Crippen molar-refractivity contribution in [1.82, 2.24) is 4.72 Å². The number of alkyl halides is 3. The molecular formula is C24H22F3NO4S. The lowest BCUT2D eigenvalue weighted by Crippen LogP contribution is -2.36. The van der Waals surface area contributed by atoms with E-state index in [2.05, 4.69) is 4.72 Å². The summed E-state index contributed by atoms with van der Waals surface area (Å²) in [5.74, 6) is -1.88. The fourth-order valence-electron chi connectivity index (χ4n) is 3.41. The Balaban J connectivity index is 2.12. The topological polar surface area (TPSA) is 72.5 Å². The lowest BCUT2D eigenvalue weighted by atomic mass is 9.87. The van der Waals surface area contributed by atoms with Crippen molar-refractivity contribution in [3.05, 3.63) is 101 Å². The molecule has 9 heteroatoms. The first-order chi connectivity index (χ1) is 15.5. The maximum atomic E-state index is 13.2. The molecule has 5 nitrogen and oxygen atoms in total. The smallest absolute Gasteiger partial charge is 0.416 e. The normalized spacial score (nSPS) is 13.8. The Morgan fingerprint density at radius 2 is 1.45 bits per heavy atom. The third kappa shape index (κ3) is 5.80. The van der Waals surface area contributed by atoms with E-state index in [1.54, 1.807) is 49.4 Å². The minimum absolute atomic E-state index is 0.0401. The first kappa shape index (κ1) is 24.5. The zero-order chi connectivity index (χ0) is 24.2. The number of carbonyl (C=O) groups is 1. The average Bonchev–Trinajstić information content (AvgIpc) is 2.79. The van der Waals surface area contributed by atoms with E-state index in [-0.39, 0.29) is 10.5 Å². The first-order valence-electron chi connectivity index (χ1n) is 9.92. The van der Waals surface area contributed by atoms with E-state index in [0.717, 1.165) is 36.9 Å². The molecule has 3 aromatic rings. The highest BCUT2D eigenvalue weighted by molar-refractivity contribution is 7.89. The van der Waals surface area contributed by atoms with E-state index in [9.17, 15) is 26.4 Å². The van der Waals surface area contributed by atoms with Crippen LogP contribution in [0.5, 0.6) is 0 Å². The van der Waals surface area contributed by atoms with Crippen molar-refractivity contribution in [3.8, 4) is 0 Å². The van der Waals surface area contributed by atoms with Crippen molar-refractivity contribution < 1.29 is 31.1 Å². The molecule has 0 aliphatic carbocycles. The predicted octanol–water partition coefficient (Wildman–Crippen LogP) is 4.99. The summed E-state index contributed by atoms with van der Waals surface area (Å²) in [4.78, 5) is 12.7. The van der Waals surface area contributed by atoms with Gasteiger partial charge in [0.1, 0.15) is 5.92 Å². The van der Waals surface area contributed by atoms with Gasteiger partial charge in [-0.15, -0.1) is 0 Å². The standard InChI is InChI=1S/C24H22F3NO4S/c1-16-8-14-20(15-9-16)33(30,31)28-22(18-10-12-19(13-11-18)24(25,26)27)21(23(29)32-2)17-6-4-3-5-7-17/h3-15,21-22,28H,1-2H3/t21-,22-/m0/s1. The number of hydrogen-bond donors (Lipinski definition) is 1. The van der Waals surface area contributed by atoms with Crippen LogP contribution < -0.4 is 4.72 Å². The lowest BCUT2D eigenvalue weighted by Gasteiger charge is -2.27. The molecule has 2 atom stereocenters. The molecule has 33 heavy (non-hydrogen) atoms. The molecule has 0 unspecified atom stereocenters. The number of benzene rings is 3. The number of aryl methyl sites for hydroxylation is 1. The van der Waals surface area contributed by atoms with Gasteiger partial charge in [-0.3, -0.25) is 4.79 Å². The summed E-state index contributed by atoms with van der Waals surface area (Å²) in [5, 5.41) is 0. The highest BCUT2D eigenvalue weighted by Crippen LogP contribution is 2.36. The molecule has 0 heterocycles. The van der Waals surface area contributed by atoms with E-state index < -0.39 is 39.7 Å². The third-order valence-electron chi connectivity index (χ3n) is 5.16. The minimum Gasteiger partial charge on any atom is -0.468 e. The van der Waals surface area contributed by atoms with Gasteiger partial charge >= 0.3 is 12.1 Å². The molecule has 0 radical (unpaired) electrons. The fraction of sp³-hybridized carbons (Fsp3) is 0.208. The fourth-order valence-corrected chi connectivity index (χ4v) is 4.65. The van der Waals surface area contributed by atoms with Gasteiger partial charge in [0.15, 0.2) is 0 Å². The monoisotopic (exact) mass is 477 g/mol. The second-order valence-corrected chi connectivity index (χ2v) is 9.16. The second-order valence-electron chi connectivity index (χ2n) is 7.44. The van der Waals surface area contributed by atoms with Crippen molar-refractivity contribution in [2.45, 2.75) is 30.0 Å². The Hall–Kier alpha value is -3.17. The highest BCUT2D eigenvalue weighted by Gasteiger charge is 2.36. The molecule has 0 saturated carbocycles. The van der Waals surface area contributed by atoms with E-state index in [0.29, 0.717) is 5.56 Å². The van der Waals surface area contributed by atoms with Crippen molar-refractivity contribution in [2.75, 3.05) is 7.11 Å². The number of hydrogen-bond acceptors (Lipinski definition) is 4. The Labute approximate surface area is 190 Å². The first-order valence-corrected chi connectivity index (χ1v) is 11.4. The Morgan fingerprint density at radius 3 is 1.97 bits per heavy atom. The van der Waals surface area contributed by atoms with Crippen LogP contribution in [0.2, 0.25) is 0 Å². The van der Waals surface area contributed by atoms with Crippen LogP contribution in [0, 0.1) is 6.92 Å². The van der Waals surface area contributed by atoms with Gasteiger partial charge in [-0.2, -0.15) is 13.2 Å². The van der Waals surface area contributed by atoms with Crippen molar-refractivity contribution in [2.24, 2.45) is 0 Å². The zero-order valence-corrected chi connectivity index (χ0v) is 18.7. The summed E-state index contributed by atoms with van der Waals surface area (Å²) < 4.78 is 73.0. The van der Waals surface area contributed by atoms with Gasteiger partial charge in [-0.1, -0.05) is 60.2 Å². The molecule has 0 saturated heterocycles. The van der Waals surface area contributed by atoms with E-state index in [4.69, 9.17) is 4.74 Å². The molecule has 0 aliphatic heterocycles. The third-order valence-corrected chi connectivity index (χ3v) is 6.61. The number of nitrogens with one attached hydrogen (secondary N) is 1. The molecule has 1 N–H and O–H groups in total. The average molecular weight is 478 g/mol. The van der Waals surface area contributed by atoms with Gasteiger partial charge in [0.25, 0.3) is 0 Å². The number of halogens is 3. The number of esters is 1. The van der Waals surface area contributed by atoms with Crippen LogP contribution in [0.25, 0.3) is 0 Å². The summed E-state index contributed by atoms with van der Waals surface area (Å²) in [6, 6.07) is 17.2. The summed E-state index contributed by atoms with van der Waals surface area (Å²) in [6.07, 6.45) is -4.56. The molecule has 3 aromatic carbocycles. The van der Waals surface area contributed by atoms with E-state index >= 15 is 0 Å². The summed E-state index contributed by atoms with van der Waals surface area (Å²) in [7, 11) is -2.97. The van der Waals surface area contributed by atoms with Crippen molar-refractivity contribution in [1.29, 1.82) is 0 Å². The highest BCUT2D eigenvalue weighted by atomic mass is 32.2. The zero-order valence-electron chi connectivity index (χ0n) is 17.8. The Bertz CT molecular complexity index is 1190. The van der Waals surface area contributed by atoms with Gasteiger partial charge in [0.2, 0.25) is 10.0 Å². The second kappa shape index (κ2) is 9.76. The Kier molecular flexibility index (Phi) is 7.24. The van der Waals surface area contributed by atoms with Crippen LogP contribution >= 0.6 is 0 Å². The molecular weight excluding hydrogens is 455 g/mol. The summed E-state index contributed by atoms with van der Waals surface area (Å²) in [5.41, 5.74) is 0.587. The van der Waals surface area contributed by atoms with Crippen LogP contribution in [0.3, 0.4) is 0 Å². The predicted molar refractivity (Wildman–Crippen MR) is 117 cm³/mol. The molecule has 174 valence electrons. The number of carbonyl (C=O) groups excluding carboxylic acids is 1. The summed E-state index contributed by atoms with van der Waals surface area (Å²) in [6.45, 7) is 1.80. The molecule has 0 fully saturated rings. The quantitative estimate of drug-likeness (QED) is 0.487. The van der Waals surface area contributed by atoms with Crippen LogP contribution in [0.1, 0.15) is 34.2 Å². The van der Waals surface area contributed by atoms with Crippen molar-refractivity contribution in [3.63, 3.8) is 0 Å². The summed E-state index contributed by atoms with van der Waals surface area (Å²) >= 11 is 0. The number of rotatable bonds is 7. The van der Waals surface area contributed by atoms with Crippen LogP contribution in [-0.4, -0.2) is 21.5 Å². The van der Waals surface area contributed by atoms with Crippen LogP contribution in [0.15, 0.2) is 83.8 Å². The molecule has 0 aromatic heterocycles. The van der Waals surface area contributed by atoms with Gasteiger partial charge in [0.05, 0.1) is 23.6 Å².